The summed E-state index contributed by atoms with van der Waals surface area (Å²) < 4.78 is 0. The van der Waals surface area contributed by atoms with Crippen molar-refractivity contribution in [3.05, 3.63) is 33.5 Å². The van der Waals surface area contributed by atoms with Gasteiger partial charge < -0.3 is 5.32 Å². The number of carbonyl (C=O) groups excluding carboxylic acids is 1. The SMILES string of the molecule is Cc1cnc(NC(=O)CCc2ccsc2)s1. The standard InChI is InChI=1S/C11H12N2OS2/c1-8-6-12-11(16-8)13-10(14)3-2-9-4-5-15-7-9/h4-7H,2-3H2,1H3,(H,12,13,14). The number of anilines is 1. The molecule has 0 bridgehead atoms. The first-order valence-corrected chi connectivity index (χ1v) is 6.73. The lowest BCUT2D eigenvalue weighted by atomic mass is 10.2. The summed E-state index contributed by atoms with van der Waals surface area (Å²) in [4.78, 5) is 16.8. The summed E-state index contributed by atoms with van der Waals surface area (Å²) >= 11 is 3.15. The molecule has 0 saturated carbocycles. The number of amides is 1. The number of aryl methyl sites for hydroxylation is 2. The van der Waals surface area contributed by atoms with Gasteiger partial charge in [-0.3, -0.25) is 4.79 Å². The molecule has 2 aromatic rings. The molecule has 1 amide bonds. The maximum Gasteiger partial charge on any atom is 0.226 e. The Hall–Kier alpha value is -1.20. The molecule has 0 fully saturated rings. The van der Waals surface area contributed by atoms with E-state index in [1.54, 1.807) is 17.5 Å². The number of thiophene rings is 1. The Bertz CT molecular complexity index is 462. The van der Waals surface area contributed by atoms with Crippen molar-refractivity contribution in [3.8, 4) is 0 Å². The van der Waals surface area contributed by atoms with Gasteiger partial charge in [0.2, 0.25) is 5.91 Å². The molecule has 0 aliphatic carbocycles. The monoisotopic (exact) mass is 252 g/mol. The van der Waals surface area contributed by atoms with Crippen LogP contribution in [0.1, 0.15) is 16.9 Å². The minimum Gasteiger partial charge on any atom is -0.302 e. The smallest absolute Gasteiger partial charge is 0.226 e. The normalized spacial score (nSPS) is 10.3. The highest BCUT2D eigenvalue weighted by molar-refractivity contribution is 7.15. The third kappa shape index (κ3) is 3.15. The molecule has 16 heavy (non-hydrogen) atoms. The fraction of sp³-hybridized carbons (Fsp3) is 0.273. The van der Waals surface area contributed by atoms with Gasteiger partial charge in [-0.1, -0.05) is 0 Å². The van der Waals surface area contributed by atoms with Crippen LogP contribution >= 0.6 is 22.7 Å². The lowest BCUT2D eigenvalue weighted by Gasteiger charge is -1.99. The minimum atomic E-state index is 0.0283. The fourth-order valence-corrected chi connectivity index (χ4v) is 2.67. The second-order valence-corrected chi connectivity index (χ2v) is 5.47. The largest absolute Gasteiger partial charge is 0.302 e. The van der Waals surface area contributed by atoms with Crippen molar-refractivity contribution in [2.24, 2.45) is 0 Å². The van der Waals surface area contributed by atoms with E-state index in [9.17, 15) is 4.79 Å². The van der Waals surface area contributed by atoms with Crippen LogP contribution in [0.25, 0.3) is 0 Å². The van der Waals surface area contributed by atoms with Crippen LogP contribution in [0.2, 0.25) is 0 Å². The van der Waals surface area contributed by atoms with Gasteiger partial charge in [0.1, 0.15) is 0 Å². The highest BCUT2D eigenvalue weighted by Gasteiger charge is 2.05. The highest BCUT2D eigenvalue weighted by Crippen LogP contribution is 2.17. The summed E-state index contributed by atoms with van der Waals surface area (Å²) in [5.41, 5.74) is 1.22. The Morgan fingerprint density at radius 3 is 3.06 bits per heavy atom. The fourth-order valence-electron chi connectivity index (χ4n) is 1.29. The van der Waals surface area contributed by atoms with Crippen molar-refractivity contribution in [1.82, 2.24) is 4.98 Å². The molecule has 2 aromatic heterocycles. The first-order chi connectivity index (χ1) is 7.74. The predicted molar refractivity (Wildman–Crippen MR) is 68.1 cm³/mol. The van der Waals surface area contributed by atoms with Crippen molar-refractivity contribution in [1.29, 1.82) is 0 Å². The molecule has 0 aliphatic heterocycles. The number of nitrogens with zero attached hydrogens (tertiary/aromatic N) is 1. The Morgan fingerprint density at radius 1 is 1.56 bits per heavy atom. The number of aromatic nitrogens is 1. The van der Waals surface area contributed by atoms with Gasteiger partial charge in [0, 0.05) is 17.5 Å². The number of carbonyl (C=O) groups is 1. The van der Waals surface area contributed by atoms with Crippen LogP contribution < -0.4 is 5.32 Å². The van der Waals surface area contributed by atoms with Crippen LogP contribution in [0.5, 0.6) is 0 Å². The third-order valence-corrected chi connectivity index (χ3v) is 3.65. The highest BCUT2D eigenvalue weighted by atomic mass is 32.1. The van der Waals surface area contributed by atoms with Crippen LogP contribution in [0, 0.1) is 6.92 Å². The van der Waals surface area contributed by atoms with Crippen LogP contribution in [-0.4, -0.2) is 10.9 Å². The lowest BCUT2D eigenvalue weighted by molar-refractivity contribution is -0.116. The van der Waals surface area contributed by atoms with Crippen molar-refractivity contribution < 1.29 is 4.79 Å². The first kappa shape index (κ1) is 11.3. The van der Waals surface area contributed by atoms with E-state index in [0.717, 1.165) is 11.3 Å². The molecule has 0 aliphatic rings. The summed E-state index contributed by atoms with van der Waals surface area (Å²) in [5, 5.41) is 7.58. The Labute approximate surface area is 102 Å². The quantitative estimate of drug-likeness (QED) is 0.908. The van der Waals surface area contributed by atoms with Crippen molar-refractivity contribution in [2.75, 3.05) is 5.32 Å². The average molecular weight is 252 g/mol. The summed E-state index contributed by atoms with van der Waals surface area (Å²) in [6, 6.07) is 2.05. The van der Waals surface area contributed by atoms with E-state index in [1.807, 2.05) is 18.4 Å². The van der Waals surface area contributed by atoms with E-state index in [4.69, 9.17) is 0 Å². The Kier molecular flexibility index (Phi) is 3.69. The lowest BCUT2D eigenvalue weighted by Crippen LogP contribution is -2.11. The van der Waals surface area contributed by atoms with Gasteiger partial charge in [0.15, 0.2) is 5.13 Å². The topological polar surface area (TPSA) is 42.0 Å². The number of thiazole rings is 1. The van der Waals surface area contributed by atoms with Gasteiger partial charge in [0.05, 0.1) is 0 Å². The Morgan fingerprint density at radius 2 is 2.44 bits per heavy atom. The van der Waals surface area contributed by atoms with Gasteiger partial charge in [-0.2, -0.15) is 11.3 Å². The summed E-state index contributed by atoms with van der Waals surface area (Å²) in [6.07, 6.45) is 3.06. The predicted octanol–water partition coefficient (Wildman–Crippen LogP) is 3.08. The number of hydrogen-bond donors (Lipinski definition) is 1. The van der Waals surface area contributed by atoms with E-state index in [0.29, 0.717) is 11.6 Å². The van der Waals surface area contributed by atoms with Gasteiger partial charge in [0.25, 0.3) is 0 Å². The van der Waals surface area contributed by atoms with Crippen LogP contribution in [0.15, 0.2) is 23.0 Å². The molecule has 0 aromatic carbocycles. The van der Waals surface area contributed by atoms with Gasteiger partial charge in [-0.05, 0) is 35.7 Å². The molecule has 0 atom stereocenters. The number of nitrogens with one attached hydrogen (secondary N) is 1. The average Bonchev–Trinajstić information content (AvgIpc) is 2.87. The maximum atomic E-state index is 11.6. The van der Waals surface area contributed by atoms with Gasteiger partial charge in [-0.25, -0.2) is 4.98 Å². The number of rotatable bonds is 4. The molecular formula is C11H12N2OS2. The molecule has 1 N–H and O–H groups in total. The molecule has 0 spiro atoms. The first-order valence-electron chi connectivity index (χ1n) is 4.97. The minimum absolute atomic E-state index is 0.0283. The van der Waals surface area contributed by atoms with E-state index < -0.39 is 0 Å². The zero-order valence-electron chi connectivity index (χ0n) is 8.90. The van der Waals surface area contributed by atoms with Crippen molar-refractivity contribution in [2.45, 2.75) is 19.8 Å². The maximum absolute atomic E-state index is 11.6. The van der Waals surface area contributed by atoms with Crippen molar-refractivity contribution >= 4 is 33.7 Å². The molecule has 2 heterocycles. The van der Waals surface area contributed by atoms with Crippen LogP contribution in [0.3, 0.4) is 0 Å². The molecule has 84 valence electrons. The second kappa shape index (κ2) is 5.23. The summed E-state index contributed by atoms with van der Waals surface area (Å²) in [5.74, 6) is 0.0283. The zero-order valence-corrected chi connectivity index (χ0v) is 10.5. The summed E-state index contributed by atoms with van der Waals surface area (Å²) in [7, 11) is 0. The van der Waals surface area contributed by atoms with Gasteiger partial charge in [-0.15, -0.1) is 11.3 Å². The Balaban J connectivity index is 1.81. The van der Waals surface area contributed by atoms with Crippen LogP contribution in [0.4, 0.5) is 5.13 Å². The van der Waals surface area contributed by atoms with E-state index >= 15 is 0 Å². The molecule has 0 saturated heterocycles. The molecule has 2 rings (SSSR count). The molecule has 3 nitrogen and oxygen atoms in total. The molecule has 0 radical (unpaired) electrons. The van der Waals surface area contributed by atoms with E-state index in [2.05, 4.69) is 15.7 Å². The van der Waals surface area contributed by atoms with Crippen molar-refractivity contribution in [3.63, 3.8) is 0 Å². The summed E-state index contributed by atoms with van der Waals surface area (Å²) in [6.45, 7) is 1.97. The van der Waals surface area contributed by atoms with E-state index in [1.165, 1.54) is 16.9 Å². The van der Waals surface area contributed by atoms with Crippen LogP contribution in [-0.2, 0) is 11.2 Å². The third-order valence-electron chi connectivity index (χ3n) is 2.09. The zero-order chi connectivity index (χ0) is 11.4. The molecule has 0 unspecified atom stereocenters. The second-order valence-electron chi connectivity index (χ2n) is 3.46. The molecule has 5 heteroatoms. The number of hydrogen-bond acceptors (Lipinski definition) is 4. The molecular weight excluding hydrogens is 240 g/mol. The van der Waals surface area contributed by atoms with E-state index in [-0.39, 0.29) is 5.91 Å². The van der Waals surface area contributed by atoms with Gasteiger partial charge >= 0.3 is 0 Å².